The summed E-state index contributed by atoms with van der Waals surface area (Å²) in [4.78, 5) is 0. The molecule has 0 saturated heterocycles. The Morgan fingerprint density at radius 1 is 0.955 bits per heavy atom. The van der Waals surface area contributed by atoms with Gasteiger partial charge >= 0.3 is 0 Å². The van der Waals surface area contributed by atoms with E-state index in [1.54, 1.807) is 0 Å². The lowest BCUT2D eigenvalue weighted by Gasteiger charge is -2.27. The highest BCUT2D eigenvalue weighted by Crippen LogP contribution is 2.40. The Kier molecular flexibility index (Phi) is 4.54. The lowest BCUT2D eigenvalue weighted by atomic mass is 9.79. The van der Waals surface area contributed by atoms with Crippen LogP contribution in [0.3, 0.4) is 0 Å². The molecule has 1 aliphatic rings. The van der Waals surface area contributed by atoms with E-state index in [-0.39, 0.29) is 10.8 Å². The molecule has 3 rings (SSSR count). The van der Waals surface area contributed by atoms with Gasteiger partial charge in [0.2, 0.25) is 0 Å². The molecule has 0 unspecified atom stereocenters. The highest BCUT2D eigenvalue weighted by atomic mass is 35.5. The Morgan fingerprint density at radius 3 is 2.23 bits per heavy atom. The lowest BCUT2D eigenvalue weighted by molar-refractivity contribution is 0.342. The molecule has 2 heteroatoms. The van der Waals surface area contributed by atoms with Gasteiger partial charge in [0.1, 0.15) is 5.82 Å². The van der Waals surface area contributed by atoms with Crippen LogP contribution in [-0.4, -0.2) is 0 Å². The fourth-order valence-electron chi connectivity index (χ4n) is 3.41. The molecule has 2 aromatic carbocycles. The van der Waals surface area contributed by atoms with Gasteiger partial charge in [0.05, 0.1) is 5.02 Å². The van der Waals surface area contributed by atoms with Crippen molar-refractivity contribution in [3.63, 3.8) is 0 Å². The second-order valence-electron chi connectivity index (χ2n) is 6.65. The third kappa shape index (κ3) is 3.05. The van der Waals surface area contributed by atoms with E-state index in [0.29, 0.717) is 5.92 Å². The Labute approximate surface area is 137 Å². The van der Waals surface area contributed by atoms with Gasteiger partial charge in [-0.05, 0) is 42.7 Å². The largest absolute Gasteiger partial charge is 0.205 e. The summed E-state index contributed by atoms with van der Waals surface area (Å²) >= 11 is 6.35. The molecule has 0 atom stereocenters. The molecule has 116 valence electrons. The summed E-state index contributed by atoms with van der Waals surface area (Å²) in [6.45, 7) is 4.32. The Hall–Kier alpha value is -1.34. The van der Waals surface area contributed by atoms with E-state index in [0.717, 1.165) is 35.4 Å². The van der Waals surface area contributed by atoms with Gasteiger partial charge in [-0.2, -0.15) is 0 Å². The zero-order valence-electron chi connectivity index (χ0n) is 13.2. The van der Waals surface area contributed by atoms with E-state index in [9.17, 15) is 4.39 Å². The molecule has 0 bridgehead atoms. The predicted octanol–water partition coefficient (Wildman–Crippen LogP) is 6.75. The Morgan fingerprint density at radius 2 is 1.59 bits per heavy atom. The molecule has 0 radical (unpaired) electrons. The minimum absolute atomic E-state index is 0.223. The van der Waals surface area contributed by atoms with E-state index in [4.69, 9.17) is 11.6 Å². The summed E-state index contributed by atoms with van der Waals surface area (Å²) < 4.78 is 14.8. The predicted molar refractivity (Wildman–Crippen MR) is 92.0 cm³/mol. The van der Waals surface area contributed by atoms with Crippen molar-refractivity contribution in [2.24, 2.45) is 5.92 Å². The van der Waals surface area contributed by atoms with Crippen molar-refractivity contribution in [1.82, 2.24) is 0 Å². The molecule has 0 amide bonds. The third-order valence-electron chi connectivity index (χ3n) is 4.93. The first-order chi connectivity index (χ1) is 10.6. The number of rotatable bonds is 2. The van der Waals surface area contributed by atoms with Gasteiger partial charge in [-0.1, -0.05) is 73.3 Å². The van der Waals surface area contributed by atoms with Crippen LogP contribution in [0.25, 0.3) is 11.1 Å². The lowest BCUT2D eigenvalue weighted by Crippen LogP contribution is -2.12. The van der Waals surface area contributed by atoms with Crippen LogP contribution in [0.4, 0.5) is 4.39 Å². The van der Waals surface area contributed by atoms with E-state index in [1.165, 1.54) is 18.4 Å². The quantitative estimate of drug-likeness (QED) is 0.575. The summed E-state index contributed by atoms with van der Waals surface area (Å²) in [6.07, 6.45) is 4.50. The Balaban J connectivity index is 1.93. The molecule has 0 spiro atoms. The molecule has 0 nitrogen and oxygen atoms in total. The average Bonchev–Trinajstić information content (AvgIpc) is 2.52. The normalized spacial score (nSPS) is 21.8. The van der Waals surface area contributed by atoms with Crippen molar-refractivity contribution < 1.29 is 4.39 Å². The Bertz CT molecular complexity index is 652. The van der Waals surface area contributed by atoms with Gasteiger partial charge < -0.3 is 0 Å². The number of hydrogen-bond acceptors (Lipinski definition) is 0. The molecular weight excluding hydrogens is 295 g/mol. The van der Waals surface area contributed by atoms with Crippen molar-refractivity contribution in [1.29, 1.82) is 0 Å². The van der Waals surface area contributed by atoms with Crippen LogP contribution in [0, 0.1) is 18.7 Å². The molecule has 1 aliphatic carbocycles. The first-order valence-electron chi connectivity index (χ1n) is 8.11. The van der Waals surface area contributed by atoms with Gasteiger partial charge in [0, 0.05) is 5.56 Å². The smallest absolute Gasteiger partial charge is 0.145 e. The molecule has 1 fully saturated rings. The maximum absolute atomic E-state index is 14.8. The molecule has 1 saturated carbocycles. The molecule has 0 aliphatic heterocycles. The first kappa shape index (κ1) is 15.6. The molecule has 0 heterocycles. The fourth-order valence-corrected chi connectivity index (χ4v) is 3.69. The minimum Gasteiger partial charge on any atom is -0.205 e. The molecule has 0 N–H and O–H groups in total. The van der Waals surface area contributed by atoms with E-state index < -0.39 is 0 Å². The minimum atomic E-state index is -0.223. The van der Waals surface area contributed by atoms with Crippen LogP contribution < -0.4 is 0 Å². The van der Waals surface area contributed by atoms with Crippen molar-refractivity contribution >= 4 is 11.6 Å². The molecule has 22 heavy (non-hydrogen) atoms. The maximum Gasteiger partial charge on any atom is 0.145 e. The topological polar surface area (TPSA) is 0 Å². The summed E-state index contributed by atoms with van der Waals surface area (Å²) in [7, 11) is 0. The number of hydrogen-bond donors (Lipinski definition) is 0. The van der Waals surface area contributed by atoms with Crippen molar-refractivity contribution in [2.45, 2.75) is 45.4 Å². The summed E-state index contributed by atoms with van der Waals surface area (Å²) in [5, 5.41) is 0.264. The average molecular weight is 317 g/mol. The van der Waals surface area contributed by atoms with Gasteiger partial charge in [-0.15, -0.1) is 0 Å². The van der Waals surface area contributed by atoms with Gasteiger partial charge in [-0.25, -0.2) is 4.39 Å². The van der Waals surface area contributed by atoms with Crippen molar-refractivity contribution in [3.8, 4) is 11.1 Å². The van der Waals surface area contributed by atoms with E-state index >= 15 is 0 Å². The van der Waals surface area contributed by atoms with Crippen LogP contribution >= 0.6 is 11.6 Å². The summed E-state index contributed by atoms with van der Waals surface area (Å²) in [5.41, 5.74) is 3.74. The second kappa shape index (κ2) is 6.42. The summed E-state index contributed by atoms with van der Waals surface area (Å²) in [5.74, 6) is 0.863. The van der Waals surface area contributed by atoms with Crippen molar-refractivity contribution in [3.05, 3.63) is 58.4 Å². The van der Waals surface area contributed by atoms with Crippen LogP contribution in [0.1, 0.15) is 49.7 Å². The fraction of sp³-hybridized carbons (Fsp3) is 0.400. The number of benzene rings is 2. The van der Waals surface area contributed by atoms with Gasteiger partial charge in [-0.3, -0.25) is 0 Å². The number of aryl methyl sites for hydroxylation is 1. The van der Waals surface area contributed by atoms with Crippen LogP contribution in [0.15, 0.2) is 36.4 Å². The SMILES string of the molecule is Cc1ccc(-c2ccc(C3CCC(C)CC3)c(F)c2Cl)cc1. The monoisotopic (exact) mass is 316 g/mol. The highest BCUT2D eigenvalue weighted by Gasteiger charge is 2.24. The third-order valence-corrected chi connectivity index (χ3v) is 5.30. The first-order valence-corrected chi connectivity index (χ1v) is 8.49. The molecule has 2 aromatic rings. The van der Waals surface area contributed by atoms with Gasteiger partial charge in [0.25, 0.3) is 0 Å². The second-order valence-corrected chi connectivity index (χ2v) is 7.03. The maximum atomic E-state index is 14.8. The molecular formula is C20H22ClF. The molecule has 0 aromatic heterocycles. The number of halogens is 2. The van der Waals surface area contributed by atoms with E-state index in [1.807, 2.05) is 43.3 Å². The van der Waals surface area contributed by atoms with E-state index in [2.05, 4.69) is 6.92 Å². The van der Waals surface area contributed by atoms with Crippen LogP contribution in [0.2, 0.25) is 5.02 Å². The highest BCUT2D eigenvalue weighted by molar-refractivity contribution is 6.33. The standard InChI is InChI=1S/C20H22ClF/c1-13-3-7-15(8-4-13)17-11-12-18(20(22)19(17)21)16-9-5-14(2)6-10-16/h3-4,7-8,11-12,14,16H,5-6,9-10H2,1-2H3. The van der Waals surface area contributed by atoms with Crippen LogP contribution in [0.5, 0.6) is 0 Å². The van der Waals surface area contributed by atoms with Crippen LogP contribution in [-0.2, 0) is 0 Å². The zero-order chi connectivity index (χ0) is 15.7. The zero-order valence-corrected chi connectivity index (χ0v) is 14.0. The summed E-state index contributed by atoms with van der Waals surface area (Å²) in [6, 6.07) is 12.0. The van der Waals surface area contributed by atoms with Gasteiger partial charge in [0.15, 0.2) is 0 Å². The van der Waals surface area contributed by atoms with Crippen molar-refractivity contribution in [2.75, 3.05) is 0 Å².